The van der Waals surface area contributed by atoms with E-state index in [-0.39, 0.29) is 0 Å². The van der Waals surface area contributed by atoms with Crippen LogP contribution in [0.15, 0.2) is 61.1 Å². The number of aromatic nitrogens is 3. The molecule has 4 rings (SSSR count). The van der Waals surface area contributed by atoms with Crippen LogP contribution < -0.4 is 0 Å². The van der Waals surface area contributed by atoms with Gasteiger partial charge >= 0.3 is 0 Å². The van der Waals surface area contributed by atoms with Gasteiger partial charge in [0.05, 0.1) is 23.7 Å². The number of para-hydroxylation sites is 1. The van der Waals surface area contributed by atoms with E-state index in [1.54, 1.807) is 0 Å². The van der Waals surface area contributed by atoms with Crippen molar-refractivity contribution in [2.75, 3.05) is 13.2 Å². The highest BCUT2D eigenvalue weighted by atomic mass is 16.5. The van der Waals surface area contributed by atoms with Crippen molar-refractivity contribution >= 4 is 0 Å². The quantitative estimate of drug-likeness (QED) is 0.642. The topological polar surface area (TPSA) is 43.2 Å². The van der Waals surface area contributed by atoms with Crippen LogP contribution in [0.2, 0.25) is 0 Å². The van der Waals surface area contributed by atoms with Crippen molar-refractivity contribution in [1.82, 2.24) is 19.7 Å². The molecule has 140 valence electrons. The summed E-state index contributed by atoms with van der Waals surface area (Å²) in [5, 5.41) is 4.58. The minimum atomic E-state index is 0.320. The first-order valence-electron chi connectivity index (χ1n) is 9.61. The van der Waals surface area contributed by atoms with Crippen molar-refractivity contribution in [3.8, 4) is 5.69 Å². The van der Waals surface area contributed by atoms with E-state index in [1.807, 2.05) is 29.2 Å². The van der Waals surface area contributed by atoms with Gasteiger partial charge in [0.25, 0.3) is 0 Å². The standard InChI is InChI=1S/C22H26N4O/c1-18-7-2-3-10-22(18)26-15-19(13-24-26)14-25(17-21-9-6-12-27-21)16-20-8-4-5-11-23-20/h2-5,7-8,10-11,13,15,21H,6,9,12,14,16-17H2,1H3. The van der Waals surface area contributed by atoms with Crippen molar-refractivity contribution in [3.05, 3.63) is 77.9 Å². The molecule has 1 aromatic carbocycles. The number of aryl methyl sites for hydroxylation is 1. The van der Waals surface area contributed by atoms with E-state index in [4.69, 9.17) is 4.74 Å². The van der Waals surface area contributed by atoms with Crippen molar-refractivity contribution in [1.29, 1.82) is 0 Å². The van der Waals surface area contributed by atoms with Gasteiger partial charge in [-0.1, -0.05) is 24.3 Å². The summed E-state index contributed by atoms with van der Waals surface area (Å²) in [5.41, 5.74) is 4.63. The first kappa shape index (κ1) is 17.9. The van der Waals surface area contributed by atoms with E-state index in [0.29, 0.717) is 6.10 Å². The molecule has 1 aliphatic rings. The molecule has 5 heteroatoms. The van der Waals surface area contributed by atoms with Gasteiger partial charge in [-0.25, -0.2) is 4.68 Å². The first-order valence-corrected chi connectivity index (χ1v) is 9.61. The number of pyridine rings is 1. The number of hydrogen-bond acceptors (Lipinski definition) is 4. The SMILES string of the molecule is Cc1ccccc1-n1cc(CN(Cc2ccccn2)CC2CCCO2)cn1. The lowest BCUT2D eigenvalue weighted by Crippen LogP contribution is -2.31. The lowest BCUT2D eigenvalue weighted by molar-refractivity contribution is 0.0675. The minimum Gasteiger partial charge on any atom is -0.377 e. The first-order chi connectivity index (χ1) is 13.3. The molecule has 0 bridgehead atoms. The van der Waals surface area contributed by atoms with Gasteiger partial charge in [0.1, 0.15) is 0 Å². The van der Waals surface area contributed by atoms with Crippen LogP contribution in [0.3, 0.4) is 0 Å². The highest BCUT2D eigenvalue weighted by Crippen LogP contribution is 2.18. The van der Waals surface area contributed by atoms with Gasteiger partial charge in [-0.15, -0.1) is 0 Å². The molecule has 1 unspecified atom stereocenters. The molecule has 1 aliphatic heterocycles. The van der Waals surface area contributed by atoms with Crippen LogP contribution in [0.25, 0.3) is 5.69 Å². The highest BCUT2D eigenvalue weighted by molar-refractivity contribution is 5.39. The number of ether oxygens (including phenoxy) is 1. The molecule has 1 fully saturated rings. The Morgan fingerprint density at radius 1 is 1.15 bits per heavy atom. The van der Waals surface area contributed by atoms with E-state index in [1.165, 1.54) is 11.1 Å². The zero-order valence-corrected chi connectivity index (χ0v) is 15.8. The van der Waals surface area contributed by atoms with Gasteiger partial charge in [-0.05, 0) is 43.5 Å². The van der Waals surface area contributed by atoms with E-state index in [0.717, 1.165) is 50.5 Å². The Bertz CT molecular complexity index is 856. The molecule has 3 heterocycles. The maximum Gasteiger partial charge on any atom is 0.0703 e. The smallest absolute Gasteiger partial charge is 0.0703 e. The predicted molar refractivity (Wildman–Crippen MR) is 106 cm³/mol. The second kappa shape index (κ2) is 8.46. The van der Waals surface area contributed by atoms with E-state index >= 15 is 0 Å². The minimum absolute atomic E-state index is 0.320. The average molecular weight is 362 g/mol. The van der Waals surface area contributed by atoms with Gasteiger partial charge in [0, 0.05) is 44.2 Å². The monoisotopic (exact) mass is 362 g/mol. The average Bonchev–Trinajstić information content (AvgIpc) is 3.35. The van der Waals surface area contributed by atoms with Crippen molar-refractivity contribution < 1.29 is 4.74 Å². The maximum atomic E-state index is 5.87. The molecule has 5 nitrogen and oxygen atoms in total. The molecule has 2 aromatic heterocycles. The zero-order chi connectivity index (χ0) is 18.5. The Balaban J connectivity index is 1.49. The summed E-state index contributed by atoms with van der Waals surface area (Å²) in [6, 6.07) is 14.4. The molecule has 0 aliphatic carbocycles. The molecule has 0 N–H and O–H groups in total. The Labute approximate surface area is 160 Å². The number of hydrogen-bond donors (Lipinski definition) is 0. The van der Waals surface area contributed by atoms with Crippen molar-refractivity contribution in [2.24, 2.45) is 0 Å². The third-order valence-electron chi connectivity index (χ3n) is 5.00. The third kappa shape index (κ3) is 4.62. The summed E-state index contributed by atoms with van der Waals surface area (Å²) < 4.78 is 7.83. The Hall–Kier alpha value is -2.50. The molecule has 0 saturated carbocycles. The van der Waals surface area contributed by atoms with E-state index in [2.05, 4.69) is 58.4 Å². The van der Waals surface area contributed by atoms with Crippen LogP contribution >= 0.6 is 0 Å². The Morgan fingerprint density at radius 3 is 2.81 bits per heavy atom. The molecule has 0 amide bonds. The summed E-state index contributed by atoms with van der Waals surface area (Å²) >= 11 is 0. The van der Waals surface area contributed by atoms with Gasteiger partial charge in [0.15, 0.2) is 0 Å². The predicted octanol–water partition coefficient (Wildman–Crippen LogP) is 3.76. The van der Waals surface area contributed by atoms with Crippen LogP contribution in [0.4, 0.5) is 0 Å². The fraction of sp³-hybridized carbons (Fsp3) is 0.364. The fourth-order valence-electron chi connectivity index (χ4n) is 3.63. The largest absolute Gasteiger partial charge is 0.377 e. The highest BCUT2D eigenvalue weighted by Gasteiger charge is 2.20. The Kier molecular flexibility index (Phi) is 5.61. The van der Waals surface area contributed by atoms with Crippen LogP contribution in [-0.2, 0) is 17.8 Å². The van der Waals surface area contributed by atoms with Crippen LogP contribution in [0.5, 0.6) is 0 Å². The van der Waals surface area contributed by atoms with Gasteiger partial charge in [-0.2, -0.15) is 5.10 Å². The second-order valence-corrected chi connectivity index (χ2v) is 7.21. The molecule has 1 atom stereocenters. The van der Waals surface area contributed by atoms with Crippen LogP contribution in [-0.4, -0.2) is 38.9 Å². The molecular weight excluding hydrogens is 336 g/mol. The molecule has 3 aromatic rings. The molecular formula is C22H26N4O. The fourth-order valence-corrected chi connectivity index (χ4v) is 3.63. The zero-order valence-electron chi connectivity index (χ0n) is 15.8. The third-order valence-corrected chi connectivity index (χ3v) is 5.00. The lowest BCUT2D eigenvalue weighted by atomic mass is 10.2. The summed E-state index contributed by atoms with van der Waals surface area (Å²) in [6.07, 6.45) is 8.57. The number of rotatable bonds is 7. The van der Waals surface area contributed by atoms with Crippen molar-refractivity contribution in [3.63, 3.8) is 0 Å². The van der Waals surface area contributed by atoms with Crippen LogP contribution in [0.1, 0.15) is 29.7 Å². The molecule has 0 radical (unpaired) electrons. The number of nitrogens with zero attached hydrogens (tertiary/aromatic N) is 4. The summed E-state index contributed by atoms with van der Waals surface area (Å²) in [7, 11) is 0. The van der Waals surface area contributed by atoms with Crippen LogP contribution in [0, 0.1) is 6.92 Å². The Morgan fingerprint density at radius 2 is 2.04 bits per heavy atom. The summed E-state index contributed by atoms with van der Waals surface area (Å²) in [4.78, 5) is 6.91. The summed E-state index contributed by atoms with van der Waals surface area (Å²) in [5.74, 6) is 0. The van der Waals surface area contributed by atoms with Gasteiger partial charge < -0.3 is 4.74 Å². The molecule has 1 saturated heterocycles. The van der Waals surface area contributed by atoms with Gasteiger partial charge in [-0.3, -0.25) is 9.88 Å². The molecule has 0 spiro atoms. The maximum absolute atomic E-state index is 5.87. The molecule has 27 heavy (non-hydrogen) atoms. The second-order valence-electron chi connectivity index (χ2n) is 7.21. The lowest BCUT2D eigenvalue weighted by Gasteiger charge is -2.24. The summed E-state index contributed by atoms with van der Waals surface area (Å²) in [6.45, 7) is 5.57. The normalized spacial score (nSPS) is 16.9. The number of benzene rings is 1. The van der Waals surface area contributed by atoms with E-state index < -0.39 is 0 Å². The van der Waals surface area contributed by atoms with E-state index in [9.17, 15) is 0 Å². The van der Waals surface area contributed by atoms with Crippen molar-refractivity contribution in [2.45, 2.75) is 39.0 Å². The van der Waals surface area contributed by atoms with Gasteiger partial charge in [0.2, 0.25) is 0 Å².